The van der Waals surface area contributed by atoms with Crippen molar-refractivity contribution >= 4 is 33.3 Å². The number of carbonyl (C=O) groups excluding carboxylic acids is 2. The zero-order chi connectivity index (χ0) is 13.9. The molecular weight excluding hydrogens is 282 g/mol. The molecule has 0 N–H and O–H groups in total. The second-order valence-corrected chi connectivity index (χ2v) is 8.29. The number of amides is 1. The molecule has 102 valence electrons. The predicted octanol–water partition coefficient (Wildman–Crippen LogP) is 0.248. The molecular formula is C10H14ClNO5S. The Labute approximate surface area is 110 Å². The minimum absolute atomic E-state index is 0.0635. The number of carbonyl (C=O) groups is 2. The van der Waals surface area contributed by atoms with Crippen LogP contribution >= 0.6 is 11.6 Å². The fraction of sp³-hybridized carbons (Fsp3) is 0.800. The Morgan fingerprint density at radius 2 is 2.11 bits per heavy atom. The van der Waals surface area contributed by atoms with Gasteiger partial charge in [-0.05, 0) is 20.8 Å². The van der Waals surface area contributed by atoms with Crippen LogP contribution in [-0.2, 0) is 24.2 Å². The number of hydrogen-bond acceptors (Lipinski definition) is 5. The molecule has 1 unspecified atom stereocenters. The van der Waals surface area contributed by atoms with Crippen LogP contribution in [0.25, 0.3) is 0 Å². The Hall–Kier alpha value is -0.820. The minimum Gasteiger partial charge on any atom is -0.445 e. The first-order chi connectivity index (χ1) is 8.10. The topological polar surface area (TPSA) is 80.8 Å². The minimum atomic E-state index is -3.57. The Balaban J connectivity index is 2.40. The second-order valence-electron chi connectivity index (χ2n) is 4.99. The van der Waals surface area contributed by atoms with Gasteiger partial charge in [0.2, 0.25) is 5.91 Å². The number of β-lactam (4-membered cyclic amide) rings is 1. The largest absolute Gasteiger partial charge is 0.445 e. The third-order valence-corrected chi connectivity index (χ3v) is 6.37. The van der Waals surface area contributed by atoms with Crippen LogP contribution in [0.3, 0.4) is 0 Å². The maximum absolute atomic E-state index is 12.2. The maximum Gasteiger partial charge on any atom is 0.332 e. The first kappa shape index (κ1) is 13.6. The molecule has 2 aliphatic rings. The number of sulfone groups is 1. The van der Waals surface area contributed by atoms with Crippen molar-refractivity contribution in [3.8, 4) is 0 Å². The van der Waals surface area contributed by atoms with Gasteiger partial charge in [-0.25, -0.2) is 13.2 Å². The molecule has 18 heavy (non-hydrogen) atoms. The molecule has 1 amide bonds. The molecule has 0 aromatic rings. The van der Waals surface area contributed by atoms with Crippen molar-refractivity contribution in [2.75, 3.05) is 0 Å². The predicted molar refractivity (Wildman–Crippen MR) is 63.4 cm³/mol. The third kappa shape index (κ3) is 1.56. The van der Waals surface area contributed by atoms with Crippen LogP contribution in [0.5, 0.6) is 0 Å². The summed E-state index contributed by atoms with van der Waals surface area (Å²) in [6.07, 6.45) is -0.0635. The number of fused-ring (bicyclic) bond motifs is 1. The lowest BCUT2D eigenvalue weighted by Gasteiger charge is -2.36. The van der Waals surface area contributed by atoms with Gasteiger partial charge < -0.3 is 9.64 Å². The summed E-state index contributed by atoms with van der Waals surface area (Å²) in [5.74, 6) is -1.13. The molecule has 8 heteroatoms. The monoisotopic (exact) mass is 295 g/mol. The summed E-state index contributed by atoms with van der Waals surface area (Å²) in [6, 6.07) is -1.12. The average molecular weight is 296 g/mol. The van der Waals surface area contributed by atoms with Gasteiger partial charge in [0.1, 0.15) is 11.4 Å². The van der Waals surface area contributed by atoms with Crippen LogP contribution in [0.15, 0.2) is 0 Å². The fourth-order valence-electron chi connectivity index (χ4n) is 2.43. The normalized spacial score (nSPS) is 33.6. The first-order valence-corrected chi connectivity index (χ1v) is 7.48. The van der Waals surface area contributed by atoms with Crippen molar-refractivity contribution in [3.05, 3.63) is 0 Å². The van der Waals surface area contributed by atoms with Crippen LogP contribution in [0.4, 0.5) is 0 Å². The zero-order valence-corrected chi connectivity index (χ0v) is 11.8. The van der Waals surface area contributed by atoms with Crippen molar-refractivity contribution < 1.29 is 22.7 Å². The van der Waals surface area contributed by atoms with E-state index in [0.29, 0.717) is 0 Å². The molecule has 0 aliphatic carbocycles. The Morgan fingerprint density at radius 1 is 1.56 bits per heavy atom. The van der Waals surface area contributed by atoms with Crippen molar-refractivity contribution in [1.82, 2.24) is 4.90 Å². The zero-order valence-electron chi connectivity index (χ0n) is 10.2. The van der Waals surface area contributed by atoms with E-state index in [9.17, 15) is 18.0 Å². The van der Waals surface area contributed by atoms with E-state index in [1.54, 1.807) is 0 Å². The summed E-state index contributed by atoms with van der Waals surface area (Å²) in [5, 5.41) is -0.900. The van der Waals surface area contributed by atoms with Crippen molar-refractivity contribution in [2.24, 2.45) is 0 Å². The van der Waals surface area contributed by atoms with Gasteiger partial charge in [-0.15, -0.1) is 0 Å². The van der Waals surface area contributed by atoms with Crippen molar-refractivity contribution in [2.45, 2.75) is 48.9 Å². The molecule has 0 bridgehead atoms. The van der Waals surface area contributed by atoms with E-state index in [-0.39, 0.29) is 12.3 Å². The quantitative estimate of drug-likeness (QED) is 0.414. The smallest absolute Gasteiger partial charge is 0.332 e. The number of rotatable bonds is 2. The number of alkyl halides is 1. The number of esters is 1. The summed E-state index contributed by atoms with van der Waals surface area (Å²) < 4.78 is 27.9. The van der Waals surface area contributed by atoms with E-state index in [1.165, 1.54) is 20.8 Å². The summed E-state index contributed by atoms with van der Waals surface area (Å²) in [7, 11) is -3.57. The number of nitrogens with zero attached hydrogens (tertiary/aromatic N) is 1. The Morgan fingerprint density at radius 3 is 2.56 bits per heavy atom. The molecule has 3 atom stereocenters. The van der Waals surface area contributed by atoms with Gasteiger partial charge in [0, 0.05) is 0 Å². The van der Waals surface area contributed by atoms with E-state index >= 15 is 0 Å². The highest BCUT2D eigenvalue weighted by molar-refractivity contribution is 7.93. The molecule has 0 aromatic carbocycles. The lowest BCUT2D eigenvalue weighted by molar-refractivity contribution is -0.162. The highest BCUT2D eigenvalue weighted by Gasteiger charge is 2.68. The van der Waals surface area contributed by atoms with Gasteiger partial charge in [0.25, 0.3) is 0 Å². The van der Waals surface area contributed by atoms with Crippen LogP contribution in [0.2, 0.25) is 0 Å². The van der Waals surface area contributed by atoms with E-state index in [0.717, 1.165) is 4.90 Å². The maximum atomic E-state index is 12.2. The fourth-order valence-corrected chi connectivity index (χ4v) is 4.64. The van der Waals surface area contributed by atoms with E-state index in [4.69, 9.17) is 16.3 Å². The Kier molecular flexibility index (Phi) is 2.90. The standard InChI is InChI=1S/C10H14ClNO5S/c1-5(11)17-9(14)8-10(2,3)18(15,16)7-4-6(13)12(7)8/h5,7-8H,4H2,1-3H3/t5?,7-,8+/m1/s1. The lowest BCUT2D eigenvalue weighted by atomic mass is 9.98. The van der Waals surface area contributed by atoms with Gasteiger partial charge in [0.15, 0.2) is 15.4 Å². The molecule has 6 nitrogen and oxygen atoms in total. The van der Waals surface area contributed by atoms with Gasteiger partial charge in [0.05, 0.1) is 11.2 Å². The summed E-state index contributed by atoms with van der Waals surface area (Å²) in [5.41, 5.74) is -0.869. The lowest BCUT2D eigenvalue weighted by Crippen LogP contribution is -2.57. The third-order valence-electron chi connectivity index (χ3n) is 3.48. The molecule has 2 rings (SSSR count). The van der Waals surface area contributed by atoms with E-state index in [2.05, 4.69) is 0 Å². The summed E-state index contributed by atoms with van der Waals surface area (Å²) in [4.78, 5) is 24.5. The van der Waals surface area contributed by atoms with Crippen LogP contribution in [0.1, 0.15) is 27.2 Å². The number of halogens is 1. The Bertz CT molecular complexity index is 512. The van der Waals surface area contributed by atoms with Gasteiger partial charge in [-0.2, -0.15) is 0 Å². The highest BCUT2D eigenvalue weighted by Crippen LogP contribution is 2.46. The van der Waals surface area contributed by atoms with Crippen molar-refractivity contribution in [3.63, 3.8) is 0 Å². The van der Waals surface area contributed by atoms with E-state index < -0.39 is 37.5 Å². The van der Waals surface area contributed by atoms with Gasteiger partial charge in [-0.3, -0.25) is 4.79 Å². The summed E-state index contributed by atoms with van der Waals surface area (Å²) >= 11 is 5.56. The van der Waals surface area contributed by atoms with Crippen LogP contribution < -0.4 is 0 Å². The van der Waals surface area contributed by atoms with Gasteiger partial charge in [-0.1, -0.05) is 11.6 Å². The van der Waals surface area contributed by atoms with Crippen molar-refractivity contribution in [1.29, 1.82) is 0 Å². The highest BCUT2D eigenvalue weighted by atomic mass is 35.5. The molecule has 0 spiro atoms. The van der Waals surface area contributed by atoms with Gasteiger partial charge >= 0.3 is 5.97 Å². The number of ether oxygens (including phenoxy) is 1. The molecule has 2 heterocycles. The first-order valence-electron chi connectivity index (χ1n) is 5.50. The second kappa shape index (κ2) is 3.84. The molecule has 2 fully saturated rings. The SMILES string of the molecule is CC(Cl)OC(=O)[C@@H]1N2C(=O)C[C@H]2S(=O)(=O)C1(C)C. The number of hydrogen-bond donors (Lipinski definition) is 0. The van der Waals surface area contributed by atoms with E-state index in [1.807, 2.05) is 0 Å². The van der Waals surface area contributed by atoms with Crippen LogP contribution in [0, 0.1) is 0 Å². The summed E-state index contributed by atoms with van der Waals surface area (Å²) in [6.45, 7) is 4.31. The molecule has 2 saturated heterocycles. The van der Waals surface area contributed by atoms with Crippen LogP contribution in [-0.4, -0.2) is 46.9 Å². The molecule has 0 aromatic heterocycles. The molecule has 0 radical (unpaired) electrons. The molecule has 0 saturated carbocycles. The average Bonchev–Trinajstić information content (AvgIpc) is 2.31. The molecule has 2 aliphatic heterocycles.